The Kier molecular flexibility index (Phi) is 4.33. The molecule has 0 radical (unpaired) electrons. The number of isocyanates is 4. The van der Waals surface area contributed by atoms with Gasteiger partial charge in [0.2, 0.25) is 24.3 Å². The zero-order chi connectivity index (χ0) is 13.5. The second-order valence-corrected chi connectivity index (χ2v) is 3.78. The molecule has 1 aliphatic rings. The number of nitrogens with zero attached hydrogens (tertiary/aromatic N) is 4. The molecule has 0 aromatic heterocycles. The number of aliphatic imine (C=N–C) groups is 4. The number of carbonyl (C=O) groups excluding carboxylic acids is 4. The molecule has 1 fully saturated rings. The van der Waals surface area contributed by atoms with Gasteiger partial charge in [-0.25, -0.2) is 19.2 Å². The van der Waals surface area contributed by atoms with Gasteiger partial charge in [0.25, 0.3) is 0 Å². The van der Waals surface area contributed by atoms with Crippen molar-refractivity contribution in [1.29, 1.82) is 0 Å². The Morgan fingerprint density at radius 1 is 0.556 bits per heavy atom. The van der Waals surface area contributed by atoms with Crippen molar-refractivity contribution >= 4 is 24.3 Å². The highest BCUT2D eigenvalue weighted by Crippen LogP contribution is 2.40. The Morgan fingerprint density at radius 2 is 0.778 bits per heavy atom. The summed E-state index contributed by atoms with van der Waals surface area (Å²) < 4.78 is 0. The van der Waals surface area contributed by atoms with E-state index >= 15 is 0 Å². The fourth-order valence-corrected chi connectivity index (χ4v) is 1.89. The quantitative estimate of drug-likeness (QED) is 0.524. The van der Waals surface area contributed by atoms with Gasteiger partial charge in [0.15, 0.2) is 11.3 Å². The smallest absolute Gasteiger partial charge is 0.211 e. The molecule has 0 spiro atoms. The van der Waals surface area contributed by atoms with Crippen LogP contribution in [-0.2, 0) is 19.2 Å². The van der Waals surface area contributed by atoms with Crippen LogP contribution in [0.5, 0.6) is 0 Å². The lowest BCUT2D eigenvalue weighted by atomic mass is 9.82. The van der Waals surface area contributed by atoms with Crippen molar-refractivity contribution in [2.45, 2.75) is 37.0 Å². The van der Waals surface area contributed by atoms with Gasteiger partial charge in [-0.2, -0.15) is 20.0 Å². The van der Waals surface area contributed by atoms with Gasteiger partial charge < -0.3 is 0 Å². The Bertz CT molecular complexity index is 422. The van der Waals surface area contributed by atoms with E-state index in [2.05, 4.69) is 20.0 Å². The van der Waals surface area contributed by atoms with Crippen LogP contribution in [-0.4, -0.2) is 35.6 Å². The third-order valence-electron chi connectivity index (χ3n) is 2.87. The molecule has 0 aromatic rings. The highest BCUT2D eigenvalue weighted by Gasteiger charge is 2.43. The molecule has 8 heteroatoms. The second-order valence-electron chi connectivity index (χ2n) is 3.78. The number of rotatable bonds is 4. The van der Waals surface area contributed by atoms with E-state index in [1.165, 1.54) is 24.3 Å². The van der Waals surface area contributed by atoms with Gasteiger partial charge in [0, 0.05) is 0 Å². The average molecular weight is 248 g/mol. The van der Waals surface area contributed by atoms with Crippen molar-refractivity contribution in [3.63, 3.8) is 0 Å². The molecule has 0 aromatic carbocycles. The molecule has 0 saturated heterocycles. The van der Waals surface area contributed by atoms with Gasteiger partial charge in [-0.1, -0.05) is 0 Å². The van der Waals surface area contributed by atoms with E-state index in [1.54, 1.807) is 0 Å². The Labute approximate surface area is 101 Å². The van der Waals surface area contributed by atoms with Crippen LogP contribution in [0, 0.1) is 0 Å². The maximum Gasteiger partial charge on any atom is 0.237 e. The van der Waals surface area contributed by atoms with Crippen LogP contribution < -0.4 is 0 Å². The molecule has 8 nitrogen and oxygen atoms in total. The maximum atomic E-state index is 10.3. The molecule has 0 atom stereocenters. The van der Waals surface area contributed by atoms with Crippen LogP contribution >= 0.6 is 0 Å². The zero-order valence-corrected chi connectivity index (χ0v) is 9.25. The monoisotopic (exact) mass is 248 g/mol. The molecule has 1 saturated carbocycles. The summed E-state index contributed by atoms with van der Waals surface area (Å²) in [5.74, 6) is 0. The summed E-state index contributed by atoms with van der Waals surface area (Å²) in [7, 11) is 0. The van der Waals surface area contributed by atoms with E-state index in [0.717, 1.165) is 0 Å². The van der Waals surface area contributed by atoms with Crippen LogP contribution in [0.2, 0.25) is 0 Å². The minimum atomic E-state index is -1.25. The van der Waals surface area contributed by atoms with Gasteiger partial charge in [-0.3, -0.25) is 0 Å². The number of hydrogen-bond donors (Lipinski definition) is 0. The largest absolute Gasteiger partial charge is 0.237 e. The first-order chi connectivity index (χ1) is 8.66. The molecule has 0 unspecified atom stereocenters. The van der Waals surface area contributed by atoms with E-state index in [-0.39, 0.29) is 25.7 Å². The van der Waals surface area contributed by atoms with E-state index in [4.69, 9.17) is 0 Å². The normalized spacial score (nSPS) is 29.8. The van der Waals surface area contributed by atoms with Crippen LogP contribution in [0.15, 0.2) is 20.0 Å². The first-order valence-corrected chi connectivity index (χ1v) is 5.02. The molecule has 1 aliphatic carbocycles. The van der Waals surface area contributed by atoms with Crippen molar-refractivity contribution in [3.05, 3.63) is 0 Å². The first-order valence-electron chi connectivity index (χ1n) is 5.02. The van der Waals surface area contributed by atoms with Crippen molar-refractivity contribution in [3.8, 4) is 0 Å². The zero-order valence-electron chi connectivity index (χ0n) is 9.25. The third kappa shape index (κ3) is 2.80. The van der Waals surface area contributed by atoms with Crippen molar-refractivity contribution < 1.29 is 19.2 Å². The van der Waals surface area contributed by atoms with E-state index in [1.807, 2.05) is 0 Å². The Morgan fingerprint density at radius 3 is 0.944 bits per heavy atom. The van der Waals surface area contributed by atoms with Gasteiger partial charge in [-0.05, 0) is 25.7 Å². The predicted octanol–water partition coefficient (Wildman–Crippen LogP) is 0.296. The minimum Gasteiger partial charge on any atom is -0.211 e. The molecule has 0 amide bonds. The molecule has 0 heterocycles. The van der Waals surface area contributed by atoms with Crippen molar-refractivity contribution in [1.82, 2.24) is 0 Å². The van der Waals surface area contributed by atoms with Crippen molar-refractivity contribution in [2.24, 2.45) is 20.0 Å². The maximum absolute atomic E-state index is 10.3. The third-order valence-corrected chi connectivity index (χ3v) is 2.87. The summed E-state index contributed by atoms with van der Waals surface area (Å²) in [4.78, 5) is 55.2. The SMILES string of the molecule is O=C=NC1(N=C=O)CCC(N=C=O)(N=C=O)CC1. The van der Waals surface area contributed by atoms with Gasteiger partial charge in [0.1, 0.15) is 0 Å². The van der Waals surface area contributed by atoms with Crippen LogP contribution in [0.4, 0.5) is 0 Å². The summed E-state index contributed by atoms with van der Waals surface area (Å²) in [6.07, 6.45) is 5.84. The van der Waals surface area contributed by atoms with Crippen molar-refractivity contribution in [2.75, 3.05) is 0 Å². The molecular weight excluding hydrogens is 240 g/mol. The lowest BCUT2D eigenvalue weighted by Gasteiger charge is -2.34. The predicted molar refractivity (Wildman–Crippen MR) is 56.4 cm³/mol. The fourth-order valence-electron chi connectivity index (χ4n) is 1.89. The van der Waals surface area contributed by atoms with E-state index < -0.39 is 11.3 Å². The topological polar surface area (TPSA) is 118 Å². The summed E-state index contributed by atoms with van der Waals surface area (Å²) in [6.45, 7) is 0. The first kappa shape index (κ1) is 13.6. The average Bonchev–Trinajstić information content (AvgIpc) is 2.35. The molecule has 1 rings (SSSR count). The summed E-state index contributed by atoms with van der Waals surface area (Å²) >= 11 is 0. The molecule has 0 N–H and O–H groups in total. The minimum absolute atomic E-state index is 0.119. The Hall–Kier alpha value is -2.48. The molecular formula is C10H8N4O4. The molecule has 92 valence electrons. The molecule has 18 heavy (non-hydrogen) atoms. The fraction of sp³-hybridized carbons (Fsp3) is 0.600. The van der Waals surface area contributed by atoms with Crippen LogP contribution in [0.25, 0.3) is 0 Å². The highest BCUT2D eigenvalue weighted by atomic mass is 16.1. The lowest BCUT2D eigenvalue weighted by molar-refractivity contribution is 0.217. The van der Waals surface area contributed by atoms with E-state index in [0.29, 0.717) is 0 Å². The number of hydrogen-bond acceptors (Lipinski definition) is 8. The summed E-state index contributed by atoms with van der Waals surface area (Å²) in [5.41, 5.74) is -2.49. The Balaban J connectivity index is 3.04. The molecule has 0 aliphatic heterocycles. The second kappa shape index (κ2) is 5.73. The van der Waals surface area contributed by atoms with Crippen LogP contribution in [0.1, 0.15) is 25.7 Å². The summed E-state index contributed by atoms with van der Waals surface area (Å²) in [5, 5.41) is 0. The van der Waals surface area contributed by atoms with E-state index in [9.17, 15) is 19.2 Å². The lowest BCUT2D eigenvalue weighted by Crippen LogP contribution is -2.38. The summed E-state index contributed by atoms with van der Waals surface area (Å²) in [6, 6.07) is 0. The van der Waals surface area contributed by atoms with Gasteiger partial charge in [0.05, 0.1) is 0 Å². The standard InChI is InChI=1S/C10H8N4O4/c15-5-11-9(12-6-16)1-2-10(4-3-9,13-7-17)14-8-18/h1-4H2. The molecule has 0 bridgehead atoms. The van der Waals surface area contributed by atoms with Gasteiger partial charge in [-0.15, -0.1) is 0 Å². The van der Waals surface area contributed by atoms with Crippen LogP contribution in [0.3, 0.4) is 0 Å². The van der Waals surface area contributed by atoms with Gasteiger partial charge >= 0.3 is 0 Å². The highest BCUT2D eigenvalue weighted by molar-refractivity contribution is 5.41.